The first-order valence-electron chi connectivity index (χ1n) is 7.24. The molecule has 7 nitrogen and oxygen atoms in total. The van der Waals surface area contributed by atoms with Crippen LogP contribution >= 0.6 is 0 Å². The van der Waals surface area contributed by atoms with Crippen LogP contribution in [0.5, 0.6) is 5.75 Å². The lowest BCUT2D eigenvalue weighted by Crippen LogP contribution is -2.23. The molecular weight excluding hydrogens is 332 g/mol. The predicted molar refractivity (Wildman–Crippen MR) is 89.4 cm³/mol. The van der Waals surface area contributed by atoms with E-state index in [0.717, 1.165) is 11.7 Å². The van der Waals surface area contributed by atoms with E-state index in [2.05, 4.69) is 10.5 Å². The van der Waals surface area contributed by atoms with Gasteiger partial charge in [-0.2, -0.15) is 0 Å². The Morgan fingerprint density at radius 3 is 2.83 bits per heavy atom. The molecule has 0 aliphatic carbocycles. The van der Waals surface area contributed by atoms with Crippen molar-refractivity contribution < 1.29 is 22.5 Å². The summed E-state index contributed by atoms with van der Waals surface area (Å²) in [6.07, 6.45) is 2.42. The van der Waals surface area contributed by atoms with E-state index >= 15 is 0 Å². The summed E-state index contributed by atoms with van der Waals surface area (Å²) in [6.45, 7) is 2.45. The summed E-state index contributed by atoms with van der Waals surface area (Å²) in [5.74, 6) is 0.590. The zero-order valence-electron chi connectivity index (χ0n) is 13.4. The number of para-hydroxylation sites is 1. The van der Waals surface area contributed by atoms with Gasteiger partial charge in [0.15, 0.2) is 21.3 Å². The molecule has 1 N–H and O–H groups in total. The van der Waals surface area contributed by atoms with E-state index in [1.807, 2.05) is 25.1 Å². The van der Waals surface area contributed by atoms with Crippen LogP contribution < -0.4 is 10.1 Å². The van der Waals surface area contributed by atoms with Crippen molar-refractivity contribution in [1.82, 2.24) is 10.5 Å². The minimum atomic E-state index is -3.21. The second-order valence-corrected chi connectivity index (χ2v) is 6.85. The summed E-state index contributed by atoms with van der Waals surface area (Å²) in [4.78, 5) is 12.0. The van der Waals surface area contributed by atoms with Crippen LogP contribution in [0.2, 0.25) is 0 Å². The molecule has 1 heterocycles. The Morgan fingerprint density at radius 2 is 2.12 bits per heavy atom. The number of aromatic nitrogens is 1. The molecule has 0 fully saturated rings. The van der Waals surface area contributed by atoms with Crippen LogP contribution in [0.1, 0.15) is 17.4 Å². The standard InChI is InChI=1S/C16H18N2O5S/c1-3-22-14-8-5-4-7-12(14)15-11-13(18-23-15)16(19)17-9-6-10-24(2,20)21/h4-8,10-11H,3,9H2,1-2H3,(H,17,19)/b10-6+. The highest BCUT2D eigenvalue weighted by Gasteiger charge is 2.15. The summed E-state index contributed by atoms with van der Waals surface area (Å²) < 4.78 is 32.6. The fraction of sp³-hybridized carbons (Fsp3) is 0.250. The number of rotatable bonds is 7. The molecular formula is C16H18N2O5S. The topological polar surface area (TPSA) is 98.5 Å². The van der Waals surface area contributed by atoms with Gasteiger partial charge < -0.3 is 14.6 Å². The van der Waals surface area contributed by atoms with E-state index in [4.69, 9.17) is 9.26 Å². The number of nitrogens with one attached hydrogen (secondary N) is 1. The first-order chi connectivity index (χ1) is 11.4. The third kappa shape index (κ3) is 4.95. The normalized spacial score (nSPS) is 11.6. The summed E-state index contributed by atoms with van der Waals surface area (Å²) in [5.41, 5.74) is 0.798. The number of sulfone groups is 1. The highest BCUT2D eigenvalue weighted by molar-refractivity contribution is 7.93. The maximum absolute atomic E-state index is 12.0. The summed E-state index contributed by atoms with van der Waals surface area (Å²) in [7, 11) is -3.21. The lowest BCUT2D eigenvalue weighted by molar-refractivity contribution is 0.0949. The first-order valence-corrected chi connectivity index (χ1v) is 9.20. The molecule has 0 saturated carbocycles. The Morgan fingerprint density at radius 1 is 1.38 bits per heavy atom. The number of carbonyl (C=O) groups is 1. The molecule has 0 atom stereocenters. The quantitative estimate of drug-likeness (QED) is 0.820. The molecule has 128 valence electrons. The molecule has 1 aromatic carbocycles. The van der Waals surface area contributed by atoms with Crippen molar-refractivity contribution in [3.05, 3.63) is 47.5 Å². The number of hydrogen-bond acceptors (Lipinski definition) is 6. The van der Waals surface area contributed by atoms with Crippen molar-refractivity contribution >= 4 is 15.7 Å². The van der Waals surface area contributed by atoms with Gasteiger partial charge in [0.05, 0.1) is 12.2 Å². The number of nitrogens with zero attached hydrogens (tertiary/aromatic N) is 1. The maximum atomic E-state index is 12.0. The summed E-state index contributed by atoms with van der Waals surface area (Å²) in [6, 6.07) is 8.79. The number of benzene rings is 1. The van der Waals surface area contributed by atoms with Gasteiger partial charge >= 0.3 is 0 Å². The Kier molecular flexibility index (Phi) is 5.75. The van der Waals surface area contributed by atoms with Crippen molar-refractivity contribution in [2.24, 2.45) is 0 Å². The molecule has 0 spiro atoms. The second-order valence-electron chi connectivity index (χ2n) is 4.92. The Bertz CT molecular complexity index is 840. The van der Waals surface area contributed by atoms with Gasteiger partial charge in [0.25, 0.3) is 5.91 Å². The molecule has 0 unspecified atom stereocenters. The van der Waals surface area contributed by atoms with Gasteiger partial charge in [-0.15, -0.1) is 0 Å². The number of carbonyl (C=O) groups excluding carboxylic acids is 1. The lowest BCUT2D eigenvalue weighted by Gasteiger charge is -2.06. The predicted octanol–water partition coefficient (Wildman–Crippen LogP) is 2.03. The van der Waals surface area contributed by atoms with Gasteiger partial charge in [0.2, 0.25) is 0 Å². The molecule has 2 rings (SSSR count). The average Bonchev–Trinajstić information content (AvgIpc) is 3.01. The molecule has 0 radical (unpaired) electrons. The van der Waals surface area contributed by atoms with Crippen LogP contribution in [-0.4, -0.2) is 38.9 Å². The first kappa shape index (κ1) is 17.7. The summed E-state index contributed by atoms with van der Waals surface area (Å²) >= 11 is 0. The SMILES string of the molecule is CCOc1ccccc1-c1cc(C(=O)NC/C=C/S(C)(=O)=O)no1. The van der Waals surface area contributed by atoms with E-state index in [1.54, 1.807) is 6.07 Å². The molecule has 2 aromatic rings. The fourth-order valence-corrected chi connectivity index (χ4v) is 2.37. The maximum Gasteiger partial charge on any atom is 0.273 e. The van der Waals surface area contributed by atoms with Crippen molar-refractivity contribution in [1.29, 1.82) is 0 Å². The number of hydrogen-bond donors (Lipinski definition) is 1. The van der Waals surface area contributed by atoms with Crippen molar-refractivity contribution in [2.75, 3.05) is 19.4 Å². The van der Waals surface area contributed by atoms with Gasteiger partial charge in [0, 0.05) is 24.3 Å². The van der Waals surface area contributed by atoms with Crippen LogP contribution in [0, 0.1) is 0 Å². The molecule has 1 aromatic heterocycles. The minimum absolute atomic E-state index is 0.0730. The Balaban J connectivity index is 2.08. The van der Waals surface area contributed by atoms with Crippen molar-refractivity contribution in [2.45, 2.75) is 6.92 Å². The van der Waals surface area contributed by atoms with Gasteiger partial charge in [-0.1, -0.05) is 23.4 Å². The van der Waals surface area contributed by atoms with Crippen molar-refractivity contribution in [3.63, 3.8) is 0 Å². The number of amides is 1. The fourth-order valence-electron chi connectivity index (χ4n) is 1.93. The Hall–Kier alpha value is -2.61. The molecule has 0 aliphatic rings. The van der Waals surface area contributed by atoms with Gasteiger partial charge in [-0.05, 0) is 19.1 Å². The monoisotopic (exact) mass is 350 g/mol. The number of ether oxygens (including phenoxy) is 1. The second kappa shape index (κ2) is 7.78. The van der Waals surface area contributed by atoms with Gasteiger partial charge in [0.1, 0.15) is 5.75 Å². The minimum Gasteiger partial charge on any atom is -0.493 e. The van der Waals surface area contributed by atoms with Crippen LogP contribution in [0.15, 0.2) is 46.3 Å². The zero-order chi connectivity index (χ0) is 17.6. The largest absolute Gasteiger partial charge is 0.493 e. The lowest BCUT2D eigenvalue weighted by atomic mass is 10.1. The molecule has 8 heteroatoms. The third-order valence-electron chi connectivity index (χ3n) is 2.92. The van der Waals surface area contributed by atoms with Crippen molar-refractivity contribution in [3.8, 4) is 17.1 Å². The van der Waals surface area contributed by atoms with Crippen LogP contribution in [0.3, 0.4) is 0 Å². The van der Waals surface area contributed by atoms with Gasteiger partial charge in [-0.25, -0.2) is 8.42 Å². The highest BCUT2D eigenvalue weighted by atomic mass is 32.2. The van der Waals surface area contributed by atoms with Crippen LogP contribution in [-0.2, 0) is 9.84 Å². The highest BCUT2D eigenvalue weighted by Crippen LogP contribution is 2.30. The van der Waals surface area contributed by atoms with E-state index in [9.17, 15) is 13.2 Å². The average molecular weight is 350 g/mol. The molecule has 0 saturated heterocycles. The zero-order valence-corrected chi connectivity index (χ0v) is 14.2. The molecule has 0 bridgehead atoms. The Labute approximate surface area is 140 Å². The van der Waals surface area contributed by atoms with E-state index in [1.165, 1.54) is 12.1 Å². The molecule has 0 aliphatic heterocycles. The molecule has 1 amide bonds. The van der Waals surface area contributed by atoms with Crippen LogP contribution in [0.4, 0.5) is 0 Å². The van der Waals surface area contributed by atoms with E-state index < -0.39 is 15.7 Å². The molecule has 24 heavy (non-hydrogen) atoms. The van der Waals surface area contributed by atoms with E-state index in [0.29, 0.717) is 23.7 Å². The van der Waals surface area contributed by atoms with Crippen LogP contribution in [0.25, 0.3) is 11.3 Å². The van der Waals surface area contributed by atoms with Gasteiger partial charge in [-0.3, -0.25) is 4.79 Å². The summed E-state index contributed by atoms with van der Waals surface area (Å²) in [5, 5.41) is 7.30. The smallest absolute Gasteiger partial charge is 0.273 e. The third-order valence-corrected chi connectivity index (χ3v) is 3.61. The van der Waals surface area contributed by atoms with E-state index in [-0.39, 0.29) is 12.2 Å².